The number of halogens is 1. The van der Waals surface area contributed by atoms with Crippen LogP contribution in [0.25, 0.3) is 23.1 Å². The Morgan fingerprint density at radius 1 is 0.923 bits per heavy atom. The van der Waals surface area contributed by atoms with Crippen molar-refractivity contribution in [2.75, 3.05) is 5.32 Å². The highest BCUT2D eigenvalue weighted by Crippen LogP contribution is 2.25. The lowest BCUT2D eigenvalue weighted by Gasteiger charge is -2.05. The van der Waals surface area contributed by atoms with Crippen LogP contribution in [-0.2, 0) is 0 Å². The van der Waals surface area contributed by atoms with E-state index in [0.717, 1.165) is 10.0 Å². The topological polar surface area (TPSA) is 81.2 Å². The molecule has 4 aromatic rings. The summed E-state index contributed by atoms with van der Waals surface area (Å²) in [6.45, 7) is 0. The Kier molecular flexibility index (Phi) is 4.37. The SMILES string of the molecule is O=C(Nc1ccc(-c2nnc(-c3ccco3)o2)cc1)c1ccc(Br)cc1. The second-order valence-corrected chi connectivity index (χ2v) is 6.34. The quantitative estimate of drug-likeness (QED) is 0.512. The highest BCUT2D eigenvalue weighted by Gasteiger charge is 2.12. The number of carbonyl (C=O) groups is 1. The van der Waals surface area contributed by atoms with Crippen LogP contribution >= 0.6 is 15.9 Å². The molecule has 2 heterocycles. The van der Waals surface area contributed by atoms with Gasteiger partial charge in [-0.3, -0.25) is 4.79 Å². The number of aromatic nitrogens is 2. The summed E-state index contributed by atoms with van der Waals surface area (Å²) < 4.78 is 11.8. The molecule has 0 aliphatic carbocycles. The number of anilines is 1. The molecule has 0 spiro atoms. The number of furan rings is 1. The van der Waals surface area contributed by atoms with Gasteiger partial charge in [0.15, 0.2) is 5.76 Å². The van der Waals surface area contributed by atoms with Gasteiger partial charge in [-0.2, -0.15) is 0 Å². The van der Waals surface area contributed by atoms with E-state index < -0.39 is 0 Å². The van der Waals surface area contributed by atoms with E-state index in [1.165, 1.54) is 0 Å². The first kappa shape index (κ1) is 16.3. The number of nitrogens with zero attached hydrogens (tertiary/aromatic N) is 2. The fraction of sp³-hybridized carbons (Fsp3) is 0. The highest BCUT2D eigenvalue weighted by molar-refractivity contribution is 9.10. The van der Waals surface area contributed by atoms with E-state index in [1.54, 1.807) is 54.8 Å². The summed E-state index contributed by atoms with van der Waals surface area (Å²) in [7, 11) is 0. The maximum Gasteiger partial charge on any atom is 0.283 e. The van der Waals surface area contributed by atoms with E-state index in [0.29, 0.717) is 28.8 Å². The third kappa shape index (κ3) is 3.43. The van der Waals surface area contributed by atoms with Crippen molar-refractivity contribution in [2.45, 2.75) is 0 Å². The molecular weight excluding hydrogens is 398 g/mol. The van der Waals surface area contributed by atoms with Crippen LogP contribution in [0.5, 0.6) is 0 Å². The molecule has 7 heteroatoms. The fourth-order valence-corrected chi connectivity index (χ4v) is 2.60. The van der Waals surface area contributed by atoms with Gasteiger partial charge in [0.25, 0.3) is 11.8 Å². The number of nitrogens with one attached hydrogen (secondary N) is 1. The van der Waals surface area contributed by atoms with E-state index in [-0.39, 0.29) is 5.91 Å². The van der Waals surface area contributed by atoms with E-state index in [4.69, 9.17) is 8.83 Å². The fourth-order valence-electron chi connectivity index (χ4n) is 2.34. The minimum atomic E-state index is -0.178. The van der Waals surface area contributed by atoms with Gasteiger partial charge >= 0.3 is 0 Å². The summed E-state index contributed by atoms with van der Waals surface area (Å²) in [6.07, 6.45) is 1.54. The summed E-state index contributed by atoms with van der Waals surface area (Å²) >= 11 is 3.35. The lowest BCUT2D eigenvalue weighted by atomic mass is 10.2. The van der Waals surface area contributed by atoms with Crippen LogP contribution in [0.4, 0.5) is 5.69 Å². The molecule has 0 aliphatic rings. The van der Waals surface area contributed by atoms with Crippen LogP contribution in [0.2, 0.25) is 0 Å². The van der Waals surface area contributed by atoms with Gasteiger partial charge < -0.3 is 14.2 Å². The molecule has 4 rings (SSSR count). The molecular formula is C19H12BrN3O3. The number of carbonyl (C=O) groups excluding carboxylic acids is 1. The smallest absolute Gasteiger partial charge is 0.283 e. The second-order valence-electron chi connectivity index (χ2n) is 5.43. The summed E-state index contributed by atoms with van der Waals surface area (Å²) in [5.41, 5.74) is 2.00. The van der Waals surface area contributed by atoms with Crippen molar-refractivity contribution in [2.24, 2.45) is 0 Å². The first-order valence-electron chi connectivity index (χ1n) is 7.74. The molecule has 1 N–H and O–H groups in total. The Labute approximate surface area is 157 Å². The summed E-state index contributed by atoms with van der Waals surface area (Å²) in [6, 6.07) is 17.8. The van der Waals surface area contributed by atoms with Crippen LogP contribution in [0.1, 0.15) is 10.4 Å². The van der Waals surface area contributed by atoms with Crippen molar-refractivity contribution in [1.29, 1.82) is 0 Å². The van der Waals surface area contributed by atoms with Crippen molar-refractivity contribution in [3.8, 4) is 23.1 Å². The predicted molar refractivity (Wildman–Crippen MR) is 99.5 cm³/mol. The standard InChI is InChI=1S/C19H12BrN3O3/c20-14-7-3-12(4-8-14)17(24)21-15-9-5-13(6-10-15)18-22-23-19(26-18)16-2-1-11-25-16/h1-11H,(H,21,24). The molecule has 26 heavy (non-hydrogen) atoms. The van der Waals surface area contributed by atoms with E-state index in [2.05, 4.69) is 31.4 Å². The molecule has 0 aliphatic heterocycles. The Balaban J connectivity index is 1.48. The largest absolute Gasteiger partial charge is 0.459 e. The lowest BCUT2D eigenvalue weighted by molar-refractivity contribution is 0.102. The number of hydrogen-bond acceptors (Lipinski definition) is 5. The van der Waals surface area contributed by atoms with Gasteiger partial charge in [0.05, 0.1) is 6.26 Å². The Bertz CT molecular complexity index is 1020. The zero-order valence-electron chi connectivity index (χ0n) is 13.3. The number of hydrogen-bond donors (Lipinski definition) is 1. The second kappa shape index (κ2) is 6.97. The van der Waals surface area contributed by atoms with Crippen LogP contribution in [0, 0.1) is 0 Å². The van der Waals surface area contributed by atoms with E-state index in [1.807, 2.05) is 12.1 Å². The molecule has 2 aromatic carbocycles. The summed E-state index contributed by atoms with van der Waals surface area (Å²) in [5, 5.41) is 10.8. The van der Waals surface area contributed by atoms with Crippen molar-refractivity contribution in [3.63, 3.8) is 0 Å². The summed E-state index contributed by atoms with van der Waals surface area (Å²) in [5.74, 6) is 1.03. The van der Waals surface area contributed by atoms with Gasteiger partial charge in [0, 0.05) is 21.3 Å². The zero-order valence-corrected chi connectivity index (χ0v) is 14.9. The van der Waals surface area contributed by atoms with Gasteiger partial charge in [-0.05, 0) is 60.7 Å². The van der Waals surface area contributed by atoms with Gasteiger partial charge in [0.1, 0.15) is 0 Å². The average molecular weight is 410 g/mol. The zero-order chi connectivity index (χ0) is 17.9. The normalized spacial score (nSPS) is 10.7. The van der Waals surface area contributed by atoms with Crippen LogP contribution in [-0.4, -0.2) is 16.1 Å². The molecule has 0 bridgehead atoms. The van der Waals surface area contributed by atoms with Crippen LogP contribution < -0.4 is 5.32 Å². The maximum absolute atomic E-state index is 12.2. The summed E-state index contributed by atoms with van der Waals surface area (Å²) in [4.78, 5) is 12.2. The average Bonchev–Trinajstić information content (AvgIpc) is 3.34. The maximum atomic E-state index is 12.2. The molecule has 0 unspecified atom stereocenters. The third-order valence-corrected chi connectivity index (χ3v) is 4.18. The van der Waals surface area contributed by atoms with Crippen LogP contribution in [0.3, 0.4) is 0 Å². The Morgan fingerprint density at radius 2 is 1.65 bits per heavy atom. The van der Waals surface area contributed by atoms with Gasteiger partial charge in [-0.25, -0.2) is 0 Å². The monoisotopic (exact) mass is 409 g/mol. The minimum absolute atomic E-state index is 0.178. The molecule has 0 saturated heterocycles. The molecule has 0 fully saturated rings. The predicted octanol–water partition coefficient (Wildman–Crippen LogP) is 5.01. The van der Waals surface area contributed by atoms with Crippen molar-refractivity contribution < 1.29 is 13.6 Å². The van der Waals surface area contributed by atoms with E-state index >= 15 is 0 Å². The highest BCUT2D eigenvalue weighted by atomic mass is 79.9. The number of rotatable bonds is 4. The van der Waals surface area contributed by atoms with Crippen molar-refractivity contribution >= 4 is 27.5 Å². The molecule has 6 nitrogen and oxygen atoms in total. The van der Waals surface area contributed by atoms with Gasteiger partial charge in [0.2, 0.25) is 5.89 Å². The van der Waals surface area contributed by atoms with E-state index in [9.17, 15) is 4.79 Å². The van der Waals surface area contributed by atoms with Crippen molar-refractivity contribution in [3.05, 3.63) is 77.0 Å². The number of benzene rings is 2. The molecule has 0 atom stereocenters. The Hall–Kier alpha value is -3.19. The first-order valence-corrected chi connectivity index (χ1v) is 8.53. The Morgan fingerprint density at radius 3 is 2.35 bits per heavy atom. The molecule has 1 amide bonds. The van der Waals surface area contributed by atoms with Crippen molar-refractivity contribution in [1.82, 2.24) is 10.2 Å². The molecule has 0 radical (unpaired) electrons. The molecule has 0 saturated carbocycles. The van der Waals surface area contributed by atoms with Crippen LogP contribution in [0.15, 0.2) is 80.2 Å². The third-order valence-electron chi connectivity index (χ3n) is 3.65. The number of amides is 1. The van der Waals surface area contributed by atoms with Gasteiger partial charge in [-0.1, -0.05) is 15.9 Å². The lowest BCUT2D eigenvalue weighted by Crippen LogP contribution is -2.11. The van der Waals surface area contributed by atoms with Gasteiger partial charge in [-0.15, -0.1) is 10.2 Å². The molecule has 2 aromatic heterocycles. The minimum Gasteiger partial charge on any atom is -0.459 e. The molecule has 128 valence electrons. The first-order chi connectivity index (χ1) is 12.7.